The number of hydrogen-bond donors (Lipinski definition) is 0. The van der Waals surface area contributed by atoms with E-state index >= 15 is 0 Å². The highest BCUT2D eigenvalue weighted by molar-refractivity contribution is 6.70. The van der Waals surface area contributed by atoms with Crippen molar-refractivity contribution in [1.29, 1.82) is 0 Å². The van der Waals surface area contributed by atoms with Gasteiger partial charge >= 0.3 is 0 Å². The molecule has 0 atom stereocenters. The topological polar surface area (TPSA) is 0 Å². The summed E-state index contributed by atoms with van der Waals surface area (Å²) in [6, 6.07) is 40.6. The minimum Gasteiger partial charge on any atom is -0.109 e. The maximum atomic E-state index is 7.71. The zero-order chi connectivity index (χ0) is 24.8. The largest absolute Gasteiger partial charge is 0.121 e. The van der Waals surface area contributed by atoms with Gasteiger partial charge in [0.1, 0.15) is 19.5 Å². The van der Waals surface area contributed by atoms with Gasteiger partial charge in [-0.1, -0.05) is 121 Å². The van der Waals surface area contributed by atoms with Gasteiger partial charge in [-0.2, -0.15) is 0 Å². The molecule has 0 nitrogen and oxygen atoms in total. The third kappa shape index (κ3) is 2.28. The average molecular weight is 546 g/mol. The molecule has 0 heterocycles. The molecule has 0 unspecified atom stereocenters. The molecule has 0 aromatic heterocycles. The second-order valence-electron chi connectivity index (χ2n) is 9.60. The zero-order valence-corrected chi connectivity index (χ0v) is 22.1. The number of alkyl halides is 4. The van der Waals surface area contributed by atoms with Crippen molar-refractivity contribution in [2.45, 2.75) is 19.5 Å². The smallest absolute Gasteiger partial charge is 0.109 e. The lowest BCUT2D eigenvalue weighted by molar-refractivity contribution is 0.224. The van der Waals surface area contributed by atoms with E-state index in [1.807, 2.05) is 72.8 Å². The van der Waals surface area contributed by atoms with Crippen molar-refractivity contribution in [2.24, 2.45) is 0 Å². The first-order valence-corrected chi connectivity index (χ1v) is 13.4. The lowest BCUT2D eigenvalue weighted by Crippen LogP contribution is -2.95. The van der Waals surface area contributed by atoms with Crippen molar-refractivity contribution in [3.05, 3.63) is 144 Å². The van der Waals surface area contributed by atoms with E-state index in [1.54, 1.807) is 0 Å². The van der Waals surface area contributed by atoms with Gasteiger partial charge in [0.05, 0.1) is 0 Å². The van der Waals surface area contributed by atoms with Crippen molar-refractivity contribution in [3.63, 3.8) is 0 Å². The minimum absolute atomic E-state index is 0.942. The molecule has 0 spiro atoms. The molecule has 0 N–H and O–H groups in total. The third-order valence-electron chi connectivity index (χ3n) is 8.03. The molecule has 4 aromatic carbocycles. The molecule has 0 aliphatic heterocycles. The summed E-state index contributed by atoms with van der Waals surface area (Å²) >= 11 is 30.9. The van der Waals surface area contributed by atoms with Gasteiger partial charge in [-0.25, -0.2) is 0 Å². The summed E-state index contributed by atoms with van der Waals surface area (Å²) in [7, 11) is 0. The molecule has 0 bridgehead atoms. The van der Waals surface area contributed by atoms with Gasteiger partial charge in [-0.15, -0.1) is 46.4 Å². The van der Waals surface area contributed by atoms with Crippen molar-refractivity contribution < 1.29 is 0 Å². The van der Waals surface area contributed by atoms with Crippen LogP contribution in [0.2, 0.25) is 0 Å². The molecule has 3 aliphatic carbocycles. The van der Waals surface area contributed by atoms with E-state index in [9.17, 15) is 0 Å². The number of benzene rings is 4. The number of allylic oxidation sites excluding steroid dienone is 4. The van der Waals surface area contributed by atoms with Crippen LogP contribution in [0.4, 0.5) is 0 Å². The molecule has 3 aliphatic rings. The van der Waals surface area contributed by atoms with Crippen molar-refractivity contribution in [3.8, 4) is 0 Å². The fraction of sp³-hybridized carbons (Fsp3) is 0.125. The van der Waals surface area contributed by atoms with Crippen LogP contribution in [0.25, 0.3) is 22.3 Å². The highest BCUT2D eigenvalue weighted by Gasteiger charge is 2.99. The quantitative estimate of drug-likeness (QED) is 0.224. The Morgan fingerprint density at radius 2 is 0.444 bits per heavy atom. The molecule has 0 amide bonds. The Morgan fingerprint density at radius 1 is 0.278 bits per heavy atom. The van der Waals surface area contributed by atoms with Gasteiger partial charge in [-0.05, 0) is 44.5 Å². The van der Waals surface area contributed by atoms with E-state index in [0.717, 1.165) is 44.5 Å². The predicted molar refractivity (Wildman–Crippen MR) is 154 cm³/mol. The first-order chi connectivity index (χ1) is 17.4. The SMILES string of the molecule is ClC12C(c3ccccc3)=C(c3ccccc3)C1(Cl)C1(Cl)C(c3ccccc3)=C(c3ccccc3)C21Cl. The van der Waals surface area contributed by atoms with Gasteiger partial charge in [0.2, 0.25) is 0 Å². The Kier molecular flexibility index (Phi) is 4.75. The summed E-state index contributed by atoms with van der Waals surface area (Å²) in [5.74, 6) is 0. The summed E-state index contributed by atoms with van der Waals surface area (Å²) in [5, 5.41) is 0. The standard InChI is InChI=1S/C32H20Cl4/c33-29-25(21-13-5-1-6-14-21)26(22-15-7-2-8-16-22)30(29,34)32(36)28(24-19-11-4-12-20-24)27(31(29,32)35)23-17-9-3-10-18-23/h1-20H. The summed E-state index contributed by atoms with van der Waals surface area (Å²) in [4.78, 5) is -4.44. The predicted octanol–water partition coefficient (Wildman–Crippen LogP) is 9.16. The molecular weight excluding hydrogens is 526 g/mol. The second-order valence-corrected chi connectivity index (χ2v) is 11.9. The van der Waals surface area contributed by atoms with Crippen LogP contribution in [0.1, 0.15) is 22.3 Å². The first kappa shape index (κ1) is 22.7. The van der Waals surface area contributed by atoms with Gasteiger partial charge < -0.3 is 0 Å². The number of hydrogen-bond acceptors (Lipinski definition) is 0. The normalized spacial score (nSPS) is 32.1. The highest BCUT2D eigenvalue weighted by Crippen LogP contribution is 2.93. The monoisotopic (exact) mass is 544 g/mol. The second kappa shape index (κ2) is 7.53. The highest BCUT2D eigenvalue weighted by atomic mass is 35.5. The van der Waals surface area contributed by atoms with Crippen LogP contribution in [0.3, 0.4) is 0 Å². The van der Waals surface area contributed by atoms with Crippen LogP contribution >= 0.6 is 46.4 Å². The molecule has 36 heavy (non-hydrogen) atoms. The van der Waals surface area contributed by atoms with Gasteiger partial charge in [0.25, 0.3) is 0 Å². The molecule has 4 aromatic rings. The van der Waals surface area contributed by atoms with E-state index in [-0.39, 0.29) is 0 Å². The van der Waals surface area contributed by atoms with E-state index in [4.69, 9.17) is 46.4 Å². The molecule has 176 valence electrons. The van der Waals surface area contributed by atoms with E-state index in [0.29, 0.717) is 0 Å². The lowest BCUT2D eigenvalue weighted by atomic mass is 9.32. The van der Waals surface area contributed by atoms with Crippen LogP contribution in [-0.4, -0.2) is 19.5 Å². The van der Waals surface area contributed by atoms with Gasteiger partial charge in [-0.3, -0.25) is 0 Å². The molecule has 1 fully saturated rings. The zero-order valence-electron chi connectivity index (χ0n) is 19.1. The number of halogens is 4. The number of rotatable bonds is 4. The van der Waals surface area contributed by atoms with E-state index in [2.05, 4.69) is 48.5 Å². The van der Waals surface area contributed by atoms with Crippen molar-refractivity contribution >= 4 is 68.7 Å². The Hall–Kier alpha value is -2.48. The summed E-state index contributed by atoms with van der Waals surface area (Å²) in [6.45, 7) is 0. The maximum Gasteiger partial charge on any atom is 0.121 e. The molecule has 4 heteroatoms. The number of fused-ring (bicyclic) bond motifs is 4. The van der Waals surface area contributed by atoms with Crippen LogP contribution in [0.5, 0.6) is 0 Å². The van der Waals surface area contributed by atoms with Crippen LogP contribution in [0.15, 0.2) is 121 Å². The molecule has 7 rings (SSSR count). The fourth-order valence-corrected chi connectivity index (χ4v) is 9.52. The van der Waals surface area contributed by atoms with Crippen LogP contribution in [-0.2, 0) is 0 Å². The van der Waals surface area contributed by atoms with E-state index in [1.165, 1.54) is 0 Å². The Balaban J connectivity index is 1.56. The summed E-state index contributed by atoms with van der Waals surface area (Å²) in [6.07, 6.45) is 0. The molecule has 1 saturated carbocycles. The van der Waals surface area contributed by atoms with Crippen molar-refractivity contribution in [1.82, 2.24) is 0 Å². The molecular formula is C32H20Cl4. The Labute approximate surface area is 230 Å². The van der Waals surface area contributed by atoms with Crippen molar-refractivity contribution in [2.75, 3.05) is 0 Å². The average Bonchev–Trinajstić information content (AvgIpc) is 2.94. The summed E-state index contributed by atoms with van der Waals surface area (Å²) < 4.78 is 0. The van der Waals surface area contributed by atoms with Crippen LogP contribution < -0.4 is 0 Å². The van der Waals surface area contributed by atoms with Gasteiger partial charge in [0.15, 0.2) is 0 Å². The lowest BCUT2D eigenvalue weighted by Gasteiger charge is -2.84. The Bertz CT molecular complexity index is 1310. The minimum atomic E-state index is -1.11. The summed E-state index contributed by atoms with van der Waals surface area (Å²) in [5.41, 5.74) is 7.78. The molecule has 0 saturated heterocycles. The fourth-order valence-electron chi connectivity index (χ4n) is 6.62. The van der Waals surface area contributed by atoms with E-state index < -0.39 is 19.5 Å². The maximum absolute atomic E-state index is 7.71. The third-order valence-corrected chi connectivity index (χ3v) is 11.4. The Morgan fingerprint density at radius 3 is 0.611 bits per heavy atom. The van der Waals surface area contributed by atoms with Crippen LogP contribution in [0, 0.1) is 0 Å². The molecule has 0 radical (unpaired) electrons. The first-order valence-electron chi connectivity index (χ1n) is 11.9. The van der Waals surface area contributed by atoms with Gasteiger partial charge in [0, 0.05) is 0 Å².